The molecule has 5 nitrogen and oxygen atoms in total. The number of aromatic nitrogens is 1. The monoisotopic (exact) mass is 401 g/mol. The van der Waals surface area contributed by atoms with Crippen LogP contribution in [0.25, 0.3) is 0 Å². The quantitative estimate of drug-likeness (QED) is 0.576. The number of halogens is 1. The molecule has 1 aliphatic heterocycles. The second kappa shape index (κ2) is 8.85. The van der Waals surface area contributed by atoms with Crippen molar-refractivity contribution in [3.05, 3.63) is 58.8 Å². The minimum Gasteiger partial charge on any atom is -0.371 e. The largest absolute Gasteiger partial charge is 0.371 e. The topological polar surface area (TPSA) is 66.5 Å². The molecule has 1 fully saturated rings. The lowest BCUT2D eigenvalue weighted by molar-refractivity contribution is 0.601. The summed E-state index contributed by atoms with van der Waals surface area (Å²) in [4.78, 5) is 11.2. The van der Waals surface area contributed by atoms with Gasteiger partial charge in [-0.05, 0) is 42.7 Å². The summed E-state index contributed by atoms with van der Waals surface area (Å²) < 4.78 is 1.12. The summed E-state index contributed by atoms with van der Waals surface area (Å²) >= 11 is 3.54. The van der Waals surface area contributed by atoms with E-state index in [1.165, 1.54) is 5.69 Å². The van der Waals surface area contributed by atoms with Gasteiger partial charge in [0.1, 0.15) is 0 Å². The highest BCUT2D eigenvalue weighted by atomic mass is 79.9. The maximum absolute atomic E-state index is 5.98. The van der Waals surface area contributed by atoms with Crippen LogP contribution in [0.5, 0.6) is 0 Å². The molecule has 0 spiro atoms. The van der Waals surface area contributed by atoms with Crippen molar-refractivity contribution in [2.75, 3.05) is 31.1 Å². The fourth-order valence-electron chi connectivity index (χ4n) is 3.04. The molecule has 25 heavy (non-hydrogen) atoms. The van der Waals surface area contributed by atoms with Crippen LogP contribution in [-0.2, 0) is 6.42 Å². The van der Waals surface area contributed by atoms with Gasteiger partial charge in [0.25, 0.3) is 0 Å². The molecule has 0 aliphatic carbocycles. The SMILES string of the molecule is NC(=NCC1CCN(c2cccc(Br)c2)C1)NCCc1ccccn1. The van der Waals surface area contributed by atoms with Crippen LogP contribution in [0.2, 0.25) is 0 Å². The van der Waals surface area contributed by atoms with E-state index >= 15 is 0 Å². The van der Waals surface area contributed by atoms with Gasteiger partial charge in [-0.15, -0.1) is 0 Å². The lowest BCUT2D eigenvalue weighted by Crippen LogP contribution is -2.34. The minimum atomic E-state index is 0.525. The summed E-state index contributed by atoms with van der Waals surface area (Å²) in [6, 6.07) is 14.4. The number of nitrogens with zero attached hydrogens (tertiary/aromatic N) is 3. The highest BCUT2D eigenvalue weighted by molar-refractivity contribution is 9.10. The number of aliphatic imine (C=N–C) groups is 1. The molecule has 1 aromatic heterocycles. The molecule has 1 saturated heterocycles. The van der Waals surface area contributed by atoms with Gasteiger partial charge in [0.2, 0.25) is 0 Å². The molecular formula is C19H24BrN5. The third-order valence-electron chi connectivity index (χ3n) is 4.39. The average molecular weight is 402 g/mol. The van der Waals surface area contributed by atoms with Gasteiger partial charge in [-0.3, -0.25) is 9.98 Å². The first-order valence-corrected chi connectivity index (χ1v) is 9.44. The van der Waals surface area contributed by atoms with Crippen LogP contribution in [0.15, 0.2) is 58.1 Å². The van der Waals surface area contributed by atoms with Crippen LogP contribution in [-0.4, -0.2) is 37.1 Å². The summed E-state index contributed by atoms with van der Waals surface area (Å²) in [6.07, 6.45) is 3.80. The summed E-state index contributed by atoms with van der Waals surface area (Å²) in [5, 5.41) is 3.17. The van der Waals surface area contributed by atoms with Gasteiger partial charge in [-0.2, -0.15) is 0 Å². The molecule has 1 aliphatic rings. The van der Waals surface area contributed by atoms with E-state index in [4.69, 9.17) is 5.73 Å². The van der Waals surface area contributed by atoms with Crippen molar-refractivity contribution in [3.8, 4) is 0 Å². The van der Waals surface area contributed by atoms with Crippen molar-refractivity contribution in [1.82, 2.24) is 10.3 Å². The van der Waals surface area contributed by atoms with E-state index in [0.717, 1.165) is 49.2 Å². The maximum Gasteiger partial charge on any atom is 0.188 e. The van der Waals surface area contributed by atoms with Crippen molar-refractivity contribution in [3.63, 3.8) is 0 Å². The summed E-state index contributed by atoms with van der Waals surface area (Å²) in [5.41, 5.74) is 8.30. The molecule has 132 valence electrons. The Labute approximate surface area is 157 Å². The summed E-state index contributed by atoms with van der Waals surface area (Å²) in [7, 11) is 0. The number of benzene rings is 1. The first kappa shape index (κ1) is 17.7. The van der Waals surface area contributed by atoms with Gasteiger partial charge in [0.15, 0.2) is 5.96 Å². The fourth-order valence-corrected chi connectivity index (χ4v) is 3.42. The Hall–Kier alpha value is -2.08. The van der Waals surface area contributed by atoms with Crippen molar-refractivity contribution in [1.29, 1.82) is 0 Å². The number of nitrogens with two attached hydrogens (primary N) is 1. The van der Waals surface area contributed by atoms with E-state index < -0.39 is 0 Å². The number of hydrogen-bond donors (Lipinski definition) is 2. The minimum absolute atomic E-state index is 0.525. The van der Waals surface area contributed by atoms with E-state index in [1.54, 1.807) is 0 Å². The van der Waals surface area contributed by atoms with Crippen molar-refractivity contribution < 1.29 is 0 Å². The predicted octanol–water partition coefficient (Wildman–Crippen LogP) is 2.82. The molecular weight excluding hydrogens is 378 g/mol. The predicted molar refractivity (Wildman–Crippen MR) is 107 cm³/mol. The van der Waals surface area contributed by atoms with E-state index in [1.807, 2.05) is 24.4 Å². The van der Waals surface area contributed by atoms with E-state index in [2.05, 4.69) is 60.4 Å². The van der Waals surface area contributed by atoms with E-state index in [-0.39, 0.29) is 0 Å². The van der Waals surface area contributed by atoms with Crippen LogP contribution < -0.4 is 16.0 Å². The molecule has 1 unspecified atom stereocenters. The van der Waals surface area contributed by atoms with E-state index in [9.17, 15) is 0 Å². The average Bonchev–Trinajstić information content (AvgIpc) is 3.10. The Morgan fingerprint density at radius 1 is 1.32 bits per heavy atom. The first-order chi connectivity index (χ1) is 12.2. The number of guanidine groups is 1. The van der Waals surface area contributed by atoms with Gasteiger partial charge >= 0.3 is 0 Å². The third-order valence-corrected chi connectivity index (χ3v) is 4.89. The third kappa shape index (κ3) is 5.46. The zero-order valence-electron chi connectivity index (χ0n) is 14.2. The normalized spacial score (nSPS) is 17.7. The molecule has 0 saturated carbocycles. The van der Waals surface area contributed by atoms with E-state index in [0.29, 0.717) is 11.9 Å². The molecule has 2 heterocycles. The molecule has 1 atom stereocenters. The van der Waals surface area contributed by atoms with Gasteiger partial charge in [0, 0.05) is 54.7 Å². The second-order valence-corrected chi connectivity index (χ2v) is 7.22. The summed E-state index contributed by atoms with van der Waals surface area (Å²) in [6.45, 7) is 3.62. The zero-order valence-corrected chi connectivity index (χ0v) is 15.8. The van der Waals surface area contributed by atoms with Crippen LogP contribution >= 0.6 is 15.9 Å². The fraction of sp³-hybridized carbons (Fsp3) is 0.368. The lowest BCUT2D eigenvalue weighted by atomic mass is 10.1. The lowest BCUT2D eigenvalue weighted by Gasteiger charge is -2.18. The molecule has 3 N–H and O–H groups in total. The second-order valence-electron chi connectivity index (χ2n) is 6.30. The molecule has 1 aromatic carbocycles. The number of hydrogen-bond acceptors (Lipinski definition) is 3. The molecule has 6 heteroatoms. The Morgan fingerprint density at radius 2 is 2.24 bits per heavy atom. The Balaban J connectivity index is 1.41. The Kier molecular flexibility index (Phi) is 6.28. The molecule has 3 rings (SSSR count). The van der Waals surface area contributed by atoms with Gasteiger partial charge in [0.05, 0.1) is 0 Å². The van der Waals surface area contributed by atoms with Crippen LogP contribution in [0.1, 0.15) is 12.1 Å². The zero-order chi connectivity index (χ0) is 17.5. The van der Waals surface area contributed by atoms with Crippen LogP contribution in [0.3, 0.4) is 0 Å². The number of rotatable bonds is 6. The van der Waals surface area contributed by atoms with Gasteiger partial charge in [-0.1, -0.05) is 28.1 Å². The van der Waals surface area contributed by atoms with Gasteiger partial charge < -0.3 is 16.0 Å². The highest BCUT2D eigenvalue weighted by Crippen LogP contribution is 2.26. The van der Waals surface area contributed by atoms with Crippen molar-refractivity contribution >= 4 is 27.6 Å². The smallest absolute Gasteiger partial charge is 0.188 e. The first-order valence-electron chi connectivity index (χ1n) is 8.65. The highest BCUT2D eigenvalue weighted by Gasteiger charge is 2.22. The number of nitrogens with one attached hydrogen (secondary N) is 1. The summed E-state index contributed by atoms with van der Waals surface area (Å²) in [5.74, 6) is 1.08. The standard InChI is InChI=1S/C19H24BrN5/c20-16-4-3-6-18(12-16)25-11-8-15(14-25)13-24-19(21)23-10-7-17-5-1-2-9-22-17/h1-6,9,12,15H,7-8,10-11,13-14H2,(H3,21,23,24). The number of anilines is 1. The van der Waals surface area contributed by atoms with Crippen molar-refractivity contribution in [2.45, 2.75) is 12.8 Å². The van der Waals surface area contributed by atoms with Crippen molar-refractivity contribution in [2.24, 2.45) is 16.6 Å². The van der Waals surface area contributed by atoms with Crippen LogP contribution in [0.4, 0.5) is 5.69 Å². The molecule has 0 amide bonds. The molecule has 0 bridgehead atoms. The Morgan fingerprint density at radius 3 is 3.04 bits per heavy atom. The Bertz CT molecular complexity index is 704. The van der Waals surface area contributed by atoms with Gasteiger partial charge in [-0.25, -0.2) is 0 Å². The maximum atomic E-state index is 5.98. The number of pyridine rings is 1. The molecule has 0 radical (unpaired) electrons. The molecule has 2 aromatic rings. The van der Waals surface area contributed by atoms with Crippen LogP contribution in [0, 0.1) is 5.92 Å².